The normalized spacial score (nSPS) is 10.9. The Morgan fingerprint density at radius 1 is 1.29 bits per heavy atom. The van der Waals surface area contributed by atoms with Crippen LogP contribution in [-0.4, -0.2) is 31.2 Å². The van der Waals surface area contributed by atoms with E-state index < -0.39 is 0 Å². The number of rotatable bonds is 4. The van der Waals surface area contributed by atoms with Crippen LogP contribution in [0.5, 0.6) is 0 Å². The number of benzene rings is 1. The van der Waals surface area contributed by atoms with Crippen molar-refractivity contribution in [3.05, 3.63) is 45.4 Å². The molecule has 1 amide bonds. The molecule has 1 N–H and O–H groups in total. The molecule has 0 aliphatic rings. The zero-order valence-electron chi connectivity index (χ0n) is 12.5. The van der Waals surface area contributed by atoms with Crippen LogP contribution in [0, 0.1) is 13.8 Å². The van der Waals surface area contributed by atoms with Crippen LogP contribution in [0.25, 0.3) is 0 Å². The highest BCUT2D eigenvalue weighted by atomic mass is 32.1. The predicted molar refractivity (Wildman–Crippen MR) is 87.4 cm³/mol. The largest absolute Gasteiger partial charge is 0.378 e. The standard InChI is InChI=1S/C15H18N4OS/c1-10-14(21-11(2)17-10)15(20)18-16-9-12-5-7-13(8-6-12)19(3)4/h5-9H,1-4H3,(H,18,20)/b16-9-. The molecule has 0 bridgehead atoms. The Bertz CT molecular complexity index is 659. The van der Waals surface area contributed by atoms with Crippen molar-refractivity contribution in [3.8, 4) is 0 Å². The van der Waals surface area contributed by atoms with Crippen LogP contribution in [0.3, 0.4) is 0 Å². The Morgan fingerprint density at radius 2 is 1.95 bits per heavy atom. The van der Waals surface area contributed by atoms with Crippen LogP contribution in [0.15, 0.2) is 29.4 Å². The molecule has 0 fully saturated rings. The lowest BCUT2D eigenvalue weighted by atomic mass is 10.2. The van der Waals surface area contributed by atoms with Gasteiger partial charge in [0.15, 0.2) is 0 Å². The highest BCUT2D eigenvalue weighted by molar-refractivity contribution is 7.13. The van der Waals surface area contributed by atoms with Crippen molar-refractivity contribution in [3.63, 3.8) is 0 Å². The topological polar surface area (TPSA) is 57.6 Å². The molecular formula is C15H18N4OS. The molecule has 0 aliphatic heterocycles. The van der Waals surface area contributed by atoms with Crippen LogP contribution < -0.4 is 10.3 Å². The maximum atomic E-state index is 12.0. The number of nitrogens with zero attached hydrogens (tertiary/aromatic N) is 3. The summed E-state index contributed by atoms with van der Waals surface area (Å²) in [5.41, 5.74) is 5.31. The lowest BCUT2D eigenvalue weighted by Crippen LogP contribution is -2.17. The minimum atomic E-state index is -0.223. The molecule has 0 aliphatic carbocycles. The number of thiazole rings is 1. The van der Waals surface area contributed by atoms with E-state index in [-0.39, 0.29) is 5.91 Å². The number of hydrogen-bond donors (Lipinski definition) is 1. The number of nitrogens with one attached hydrogen (secondary N) is 1. The maximum absolute atomic E-state index is 12.0. The minimum Gasteiger partial charge on any atom is -0.378 e. The van der Waals surface area contributed by atoms with E-state index in [2.05, 4.69) is 15.5 Å². The number of carbonyl (C=O) groups is 1. The van der Waals surface area contributed by atoms with Gasteiger partial charge in [0.2, 0.25) is 0 Å². The third-order valence-electron chi connectivity index (χ3n) is 2.90. The summed E-state index contributed by atoms with van der Waals surface area (Å²) in [6, 6.07) is 7.90. The van der Waals surface area contributed by atoms with E-state index in [4.69, 9.17) is 0 Å². The Kier molecular flexibility index (Phi) is 4.70. The minimum absolute atomic E-state index is 0.223. The number of hydrazone groups is 1. The monoisotopic (exact) mass is 302 g/mol. The number of carbonyl (C=O) groups excluding carboxylic acids is 1. The Labute approximate surface area is 128 Å². The van der Waals surface area contributed by atoms with E-state index in [1.54, 1.807) is 6.21 Å². The lowest BCUT2D eigenvalue weighted by molar-refractivity contribution is 0.0958. The zero-order valence-corrected chi connectivity index (χ0v) is 13.4. The van der Waals surface area contributed by atoms with E-state index in [0.717, 1.165) is 22.0 Å². The van der Waals surface area contributed by atoms with Gasteiger partial charge in [0.05, 0.1) is 16.9 Å². The molecule has 1 aromatic heterocycles. The molecule has 0 atom stereocenters. The molecule has 1 heterocycles. The summed E-state index contributed by atoms with van der Waals surface area (Å²) in [6.07, 6.45) is 1.63. The van der Waals surface area contributed by atoms with Gasteiger partial charge in [0, 0.05) is 19.8 Å². The summed E-state index contributed by atoms with van der Waals surface area (Å²) in [6.45, 7) is 3.70. The fourth-order valence-corrected chi connectivity index (χ4v) is 2.63. The molecule has 21 heavy (non-hydrogen) atoms. The molecular weight excluding hydrogens is 284 g/mol. The van der Waals surface area contributed by atoms with Crippen LogP contribution >= 0.6 is 11.3 Å². The van der Waals surface area contributed by atoms with Crippen LogP contribution in [0.2, 0.25) is 0 Å². The molecule has 1 aromatic carbocycles. The second kappa shape index (κ2) is 6.49. The first-order chi connectivity index (χ1) is 9.97. The highest BCUT2D eigenvalue weighted by Crippen LogP contribution is 2.16. The van der Waals surface area contributed by atoms with Gasteiger partial charge in [0.1, 0.15) is 4.88 Å². The average molecular weight is 302 g/mol. The number of hydrogen-bond acceptors (Lipinski definition) is 5. The summed E-state index contributed by atoms with van der Waals surface area (Å²) >= 11 is 1.37. The fourth-order valence-electron chi connectivity index (χ4n) is 1.82. The van der Waals surface area contributed by atoms with Gasteiger partial charge in [-0.1, -0.05) is 12.1 Å². The molecule has 5 nitrogen and oxygen atoms in total. The molecule has 0 saturated carbocycles. The number of aryl methyl sites for hydroxylation is 2. The molecule has 0 unspecified atom stereocenters. The third kappa shape index (κ3) is 3.88. The first-order valence-corrected chi connectivity index (χ1v) is 7.34. The zero-order chi connectivity index (χ0) is 15.4. The average Bonchev–Trinajstić information content (AvgIpc) is 2.78. The quantitative estimate of drug-likeness (QED) is 0.697. The van der Waals surface area contributed by atoms with Crippen molar-refractivity contribution in [2.24, 2.45) is 5.10 Å². The summed E-state index contributed by atoms with van der Waals surface area (Å²) < 4.78 is 0. The summed E-state index contributed by atoms with van der Waals surface area (Å²) in [5, 5.41) is 4.86. The van der Waals surface area contributed by atoms with Crippen LogP contribution in [0.4, 0.5) is 5.69 Å². The van der Waals surface area contributed by atoms with Crippen molar-refractivity contribution in [1.29, 1.82) is 0 Å². The van der Waals surface area contributed by atoms with E-state index >= 15 is 0 Å². The lowest BCUT2D eigenvalue weighted by Gasteiger charge is -2.11. The molecule has 0 saturated heterocycles. The maximum Gasteiger partial charge on any atom is 0.283 e. The third-order valence-corrected chi connectivity index (χ3v) is 3.97. The van der Waals surface area contributed by atoms with Gasteiger partial charge in [-0.2, -0.15) is 5.10 Å². The molecule has 6 heteroatoms. The second-order valence-electron chi connectivity index (χ2n) is 4.83. The van der Waals surface area contributed by atoms with Gasteiger partial charge in [-0.25, -0.2) is 10.4 Å². The van der Waals surface area contributed by atoms with Crippen LogP contribution in [-0.2, 0) is 0 Å². The van der Waals surface area contributed by atoms with Crippen molar-refractivity contribution in [2.45, 2.75) is 13.8 Å². The molecule has 2 aromatic rings. The van der Waals surface area contributed by atoms with Crippen molar-refractivity contribution >= 4 is 29.1 Å². The van der Waals surface area contributed by atoms with Gasteiger partial charge >= 0.3 is 0 Å². The highest BCUT2D eigenvalue weighted by Gasteiger charge is 2.12. The second-order valence-corrected chi connectivity index (χ2v) is 6.04. The fraction of sp³-hybridized carbons (Fsp3) is 0.267. The SMILES string of the molecule is Cc1nc(C)c(C(=O)N/N=C\c2ccc(N(C)C)cc2)s1. The summed E-state index contributed by atoms with van der Waals surface area (Å²) in [7, 11) is 3.98. The summed E-state index contributed by atoms with van der Waals surface area (Å²) in [4.78, 5) is 18.8. The van der Waals surface area contributed by atoms with Gasteiger partial charge < -0.3 is 4.90 Å². The molecule has 0 radical (unpaired) electrons. The van der Waals surface area contributed by atoms with Crippen molar-refractivity contribution in [1.82, 2.24) is 10.4 Å². The Balaban J connectivity index is 1.99. The van der Waals surface area contributed by atoms with Crippen LogP contribution in [0.1, 0.15) is 25.9 Å². The molecule has 2 rings (SSSR count). The Hall–Kier alpha value is -2.21. The van der Waals surface area contributed by atoms with E-state index in [1.165, 1.54) is 11.3 Å². The molecule has 0 spiro atoms. The number of anilines is 1. The van der Waals surface area contributed by atoms with Crippen molar-refractivity contribution in [2.75, 3.05) is 19.0 Å². The predicted octanol–water partition coefficient (Wildman–Crippen LogP) is 2.59. The van der Waals surface area contributed by atoms with Gasteiger partial charge in [-0.05, 0) is 31.5 Å². The number of aromatic nitrogens is 1. The van der Waals surface area contributed by atoms with Crippen molar-refractivity contribution < 1.29 is 4.79 Å². The number of amides is 1. The molecule has 110 valence electrons. The van der Waals surface area contributed by atoms with E-state index in [0.29, 0.717) is 4.88 Å². The first kappa shape index (κ1) is 15.2. The first-order valence-electron chi connectivity index (χ1n) is 6.52. The Morgan fingerprint density at radius 3 is 2.48 bits per heavy atom. The van der Waals surface area contributed by atoms with E-state index in [9.17, 15) is 4.79 Å². The van der Waals surface area contributed by atoms with Gasteiger partial charge in [-0.3, -0.25) is 4.79 Å². The smallest absolute Gasteiger partial charge is 0.283 e. The van der Waals surface area contributed by atoms with E-state index in [1.807, 2.05) is 57.1 Å². The summed E-state index contributed by atoms with van der Waals surface area (Å²) in [5.74, 6) is -0.223. The van der Waals surface area contributed by atoms with Gasteiger partial charge in [-0.15, -0.1) is 11.3 Å². The van der Waals surface area contributed by atoms with Gasteiger partial charge in [0.25, 0.3) is 5.91 Å².